The predicted octanol–water partition coefficient (Wildman–Crippen LogP) is 3.00. The lowest BCUT2D eigenvalue weighted by molar-refractivity contribution is 0.161. The van der Waals surface area contributed by atoms with Crippen LogP contribution >= 0.6 is 0 Å². The van der Waals surface area contributed by atoms with E-state index in [0.717, 1.165) is 18.1 Å². The van der Waals surface area contributed by atoms with Crippen molar-refractivity contribution in [1.29, 1.82) is 0 Å². The summed E-state index contributed by atoms with van der Waals surface area (Å²) in [5, 5.41) is 6.81. The summed E-state index contributed by atoms with van der Waals surface area (Å²) >= 11 is 0. The summed E-state index contributed by atoms with van der Waals surface area (Å²) in [6.45, 7) is 8.57. The van der Waals surface area contributed by atoms with E-state index in [1.165, 1.54) is 38.8 Å². The number of aliphatic imine (C=N–C) groups is 1. The molecule has 1 saturated heterocycles. The molecule has 2 rings (SSSR count). The van der Waals surface area contributed by atoms with Crippen LogP contribution in [0.15, 0.2) is 35.3 Å². The summed E-state index contributed by atoms with van der Waals surface area (Å²) in [4.78, 5) is 6.99. The fraction of sp³-hybridized carbons (Fsp3) is 0.682. The molecule has 1 heterocycles. The molecule has 1 aliphatic rings. The van der Waals surface area contributed by atoms with Gasteiger partial charge in [0.05, 0.1) is 0 Å². The van der Waals surface area contributed by atoms with Crippen molar-refractivity contribution in [3.8, 4) is 0 Å². The van der Waals surface area contributed by atoms with Crippen LogP contribution in [0.5, 0.6) is 0 Å². The molecule has 0 amide bonds. The quantitative estimate of drug-likeness (QED) is 0.489. The van der Waals surface area contributed by atoms with Crippen LogP contribution in [-0.2, 0) is 16.6 Å². The molecule has 5 nitrogen and oxygen atoms in total. The van der Waals surface area contributed by atoms with Crippen molar-refractivity contribution >= 4 is 16.8 Å². The number of benzene rings is 1. The molecule has 0 radical (unpaired) electrons. The first kappa shape index (κ1) is 22.9. The highest BCUT2D eigenvalue weighted by Crippen LogP contribution is 2.17. The van der Waals surface area contributed by atoms with E-state index in [1.807, 2.05) is 30.3 Å². The standard InChI is InChI=1S/C22H38N4OS/c1-19(2)21(26-14-9-4-5-10-15-26)17-25-22(23-3)24-13-16-28(27)18-20-11-7-6-8-12-20/h6-8,11-12,19,21H,4-5,9-10,13-18H2,1-3H3,(H2,23,24,25). The number of nitrogens with zero attached hydrogens (tertiary/aromatic N) is 2. The third kappa shape index (κ3) is 8.31. The van der Waals surface area contributed by atoms with E-state index < -0.39 is 10.8 Å². The molecule has 0 saturated carbocycles. The van der Waals surface area contributed by atoms with Crippen molar-refractivity contribution in [3.05, 3.63) is 35.9 Å². The lowest BCUT2D eigenvalue weighted by Crippen LogP contribution is -2.50. The average Bonchev–Trinajstić information content (AvgIpc) is 2.96. The summed E-state index contributed by atoms with van der Waals surface area (Å²) in [6, 6.07) is 10.5. The van der Waals surface area contributed by atoms with Crippen LogP contribution in [0, 0.1) is 5.92 Å². The summed E-state index contributed by atoms with van der Waals surface area (Å²) in [5.41, 5.74) is 1.13. The van der Waals surface area contributed by atoms with Gasteiger partial charge in [-0.05, 0) is 37.4 Å². The van der Waals surface area contributed by atoms with Crippen LogP contribution < -0.4 is 10.6 Å². The van der Waals surface area contributed by atoms with Gasteiger partial charge in [-0.2, -0.15) is 0 Å². The van der Waals surface area contributed by atoms with E-state index in [1.54, 1.807) is 7.05 Å². The monoisotopic (exact) mass is 406 g/mol. The highest BCUT2D eigenvalue weighted by atomic mass is 32.2. The zero-order valence-electron chi connectivity index (χ0n) is 17.8. The molecule has 0 bridgehead atoms. The fourth-order valence-electron chi connectivity index (χ4n) is 3.75. The lowest BCUT2D eigenvalue weighted by atomic mass is 10.0. The summed E-state index contributed by atoms with van der Waals surface area (Å²) in [6.07, 6.45) is 5.34. The van der Waals surface area contributed by atoms with Crippen LogP contribution in [0.4, 0.5) is 0 Å². The minimum absolute atomic E-state index is 0.517. The number of rotatable bonds is 9. The minimum Gasteiger partial charge on any atom is -0.355 e. The van der Waals surface area contributed by atoms with Gasteiger partial charge in [0.1, 0.15) is 0 Å². The molecule has 0 spiro atoms. The van der Waals surface area contributed by atoms with Gasteiger partial charge < -0.3 is 10.6 Å². The summed E-state index contributed by atoms with van der Waals surface area (Å²) < 4.78 is 12.3. The fourth-order valence-corrected chi connectivity index (χ4v) is 4.79. The molecule has 1 fully saturated rings. The van der Waals surface area contributed by atoms with E-state index >= 15 is 0 Å². The first-order chi connectivity index (χ1) is 13.6. The molecule has 0 aliphatic carbocycles. The molecule has 1 aromatic rings. The maximum Gasteiger partial charge on any atom is 0.191 e. The van der Waals surface area contributed by atoms with Crippen LogP contribution in [0.25, 0.3) is 0 Å². The predicted molar refractivity (Wildman–Crippen MR) is 121 cm³/mol. The van der Waals surface area contributed by atoms with Crippen molar-refractivity contribution < 1.29 is 4.21 Å². The maximum atomic E-state index is 12.3. The molecule has 2 unspecified atom stereocenters. The molecule has 2 N–H and O–H groups in total. The van der Waals surface area contributed by atoms with E-state index in [2.05, 4.69) is 34.4 Å². The Morgan fingerprint density at radius 1 is 1.11 bits per heavy atom. The van der Waals surface area contributed by atoms with Gasteiger partial charge in [-0.3, -0.25) is 14.1 Å². The van der Waals surface area contributed by atoms with Crippen LogP contribution in [0.3, 0.4) is 0 Å². The van der Waals surface area contributed by atoms with Crippen molar-refractivity contribution in [1.82, 2.24) is 15.5 Å². The molecule has 28 heavy (non-hydrogen) atoms. The third-order valence-electron chi connectivity index (χ3n) is 5.37. The van der Waals surface area contributed by atoms with E-state index in [-0.39, 0.29) is 0 Å². The molecular weight excluding hydrogens is 368 g/mol. The Bertz CT molecular complexity index is 598. The molecule has 1 aromatic carbocycles. The van der Waals surface area contributed by atoms with Gasteiger partial charge >= 0.3 is 0 Å². The molecule has 1 aliphatic heterocycles. The second-order valence-corrected chi connectivity index (χ2v) is 9.49. The summed E-state index contributed by atoms with van der Waals surface area (Å²) in [7, 11) is 0.929. The van der Waals surface area contributed by atoms with Crippen molar-refractivity contribution in [2.24, 2.45) is 10.9 Å². The minimum atomic E-state index is -0.869. The van der Waals surface area contributed by atoms with Crippen molar-refractivity contribution in [2.45, 2.75) is 51.3 Å². The molecular formula is C22H38N4OS. The number of nitrogens with one attached hydrogen (secondary N) is 2. The largest absolute Gasteiger partial charge is 0.355 e. The van der Waals surface area contributed by atoms with E-state index in [0.29, 0.717) is 30.0 Å². The normalized spacial score (nSPS) is 18.5. The van der Waals surface area contributed by atoms with Crippen LogP contribution in [0.2, 0.25) is 0 Å². The summed E-state index contributed by atoms with van der Waals surface area (Å²) in [5.74, 6) is 2.63. The Morgan fingerprint density at radius 3 is 2.39 bits per heavy atom. The molecule has 0 aromatic heterocycles. The van der Waals surface area contributed by atoms with Gasteiger partial charge in [-0.1, -0.05) is 57.0 Å². The molecule has 6 heteroatoms. The lowest BCUT2D eigenvalue weighted by Gasteiger charge is -2.34. The highest BCUT2D eigenvalue weighted by molar-refractivity contribution is 7.84. The van der Waals surface area contributed by atoms with E-state index in [4.69, 9.17) is 0 Å². The third-order valence-corrected chi connectivity index (χ3v) is 6.69. The Kier molecular flexibility index (Phi) is 10.6. The van der Waals surface area contributed by atoms with Gasteiger partial charge in [0.2, 0.25) is 0 Å². The SMILES string of the molecule is CN=C(NCCS(=O)Cc1ccccc1)NCC(C(C)C)N1CCCCCC1. The van der Waals surface area contributed by atoms with Crippen molar-refractivity contribution in [3.63, 3.8) is 0 Å². The van der Waals surface area contributed by atoms with E-state index in [9.17, 15) is 4.21 Å². The van der Waals surface area contributed by atoms with Gasteiger partial charge in [-0.25, -0.2) is 0 Å². The Morgan fingerprint density at radius 2 is 1.79 bits per heavy atom. The molecule has 2 atom stereocenters. The smallest absolute Gasteiger partial charge is 0.191 e. The van der Waals surface area contributed by atoms with Gasteiger partial charge in [0, 0.05) is 48.5 Å². The maximum absolute atomic E-state index is 12.3. The van der Waals surface area contributed by atoms with Gasteiger partial charge in [-0.15, -0.1) is 0 Å². The van der Waals surface area contributed by atoms with Gasteiger partial charge in [0.15, 0.2) is 5.96 Å². The topological polar surface area (TPSA) is 56.7 Å². The second-order valence-electron chi connectivity index (χ2n) is 7.92. The Balaban J connectivity index is 1.74. The van der Waals surface area contributed by atoms with Crippen LogP contribution in [0.1, 0.15) is 45.1 Å². The number of hydrogen-bond acceptors (Lipinski definition) is 3. The first-order valence-corrected chi connectivity index (χ1v) is 12.2. The first-order valence-electron chi connectivity index (χ1n) is 10.7. The zero-order chi connectivity index (χ0) is 20.2. The molecule has 158 valence electrons. The Labute approximate surface area is 173 Å². The Hall–Kier alpha value is -1.40. The van der Waals surface area contributed by atoms with Gasteiger partial charge in [0.25, 0.3) is 0 Å². The second kappa shape index (κ2) is 12.9. The highest BCUT2D eigenvalue weighted by Gasteiger charge is 2.22. The number of likely N-dealkylation sites (tertiary alicyclic amines) is 1. The van der Waals surface area contributed by atoms with Crippen molar-refractivity contribution in [2.75, 3.05) is 39.0 Å². The zero-order valence-corrected chi connectivity index (χ0v) is 18.6. The number of guanidine groups is 1. The number of hydrogen-bond donors (Lipinski definition) is 2. The average molecular weight is 407 g/mol. The van der Waals surface area contributed by atoms with Crippen LogP contribution in [-0.4, -0.2) is 60.1 Å².